The minimum atomic E-state index is -4.63. The highest BCUT2D eigenvalue weighted by molar-refractivity contribution is 7.51. The maximum atomic E-state index is 12.4. The Morgan fingerprint density at radius 1 is 1.20 bits per heavy atom. The molecule has 2 amide bonds. The molecule has 3 unspecified atom stereocenters. The molecule has 3 aromatic rings. The number of aliphatic carboxylic acids is 1. The Morgan fingerprint density at radius 2 is 1.95 bits per heavy atom. The van der Waals surface area contributed by atoms with Crippen molar-refractivity contribution < 1.29 is 42.9 Å². The Bertz CT molecular complexity index is 1420. The lowest BCUT2D eigenvalue weighted by Gasteiger charge is -2.27. The van der Waals surface area contributed by atoms with E-state index in [2.05, 4.69) is 25.6 Å². The molecule has 2 aliphatic heterocycles. The number of urea groups is 1. The zero-order valence-corrected chi connectivity index (χ0v) is 22.0. The fraction of sp³-hybridized carbons (Fsp3) is 0.435. The summed E-state index contributed by atoms with van der Waals surface area (Å²) in [5, 5.41) is 14.2. The summed E-state index contributed by atoms with van der Waals surface area (Å²) in [6.45, 7) is 1.72. The minimum Gasteiger partial charge on any atom is -0.778 e. The maximum absolute atomic E-state index is 12.4. The molecule has 0 radical (unpaired) electrons. The maximum Gasteiger partial charge on any atom is 0.320 e. The Balaban J connectivity index is 1.41. The number of aromatic nitrogens is 4. The predicted molar refractivity (Wildman–Crippen MR) is 135 cm³/mol. The second-order valence-electron chi connectivity index (χ2n) is 9.07. The number of nitrogens with zero attached hydrogens (tertiary/aromatic N) is 4. The lowest BCUT2D eigenvalue weighted by Crippen LogP contribution is -2.37. The van der Waals surface area contributed by atoms with Gasteiger partial charge in [-0.1, -0.05) is 30.3 Å². The van der Waals surface area contributed by atoms with Gasteiger partial charge in [0.05, 0.1) is 12.9 Å². The highest BCUT2D eigenvalue weighted by atomic mass is 31.2. The van der Waals surface area contributed by atoms with E-state index >= 15 is 0 Å². The summed E-state index contributed by atoms with van der Waals surface area (Å²) < 4.78 is 37.6. The van der Waals surface area contributed by atoms with Crippen LogP contribution in [0.1, 0.15) is 25.0 Å². The lowest BCUT2D eigenvalue weighted by atomic mass is 10.1. The summed E-state index contributed by atoms with van der Waals surface area (Å²) in [6, 6.07) is 7.05. The molecule has 2 saturated heterocycles. The summed E-state index contributed by atoms with van der Waals surface area (Å²) in [5.74, 6) is -1.29. The molecule has 2 fully saturated rings. The number of imidazole rings is 1. The molecule has 2 aliphatic rings. The smallest absolute Gasteiger partial charge is 0.320 e. The number of nitrogens with one attached hydrogen (secondary N) is 2. The molecule has 0 aliphatic carbocycles. The summed E-state index contributed by atoms with van der Waals surface area (Å²) >= 11 is 0. The minimum absolute atomic E-state index is 0.178. The van der Waals surface area contributed by atoms with Gasteiger partial charge in [-0.05, 0) is 6.92 Å². The number of benzene rings is 1. The molecule has 4 heterocycles. The Labute approximate surface area is 227 Å². The molecule has 214 valence electrons. The summed E-state index contributed by atoms with van der Waals surface area (Å²) in [6.07, 6.45) is -2.28. The fourth-order valence-electron chi connectivity index (χ4n) is 4.46. The molecule has 1 aromatic carbocycles. The van der Waals surface area contributed by atoms with Gasteiger partial charge < -0.3 is 44.3 Å². The third kappa shape index (κ3) is 5.83. The van der Waals surface area contributed by atoms with Crippen molar-refractivity contribution in [1.82, 2.24) is 24.8 Å². The van der Waals surface area contributed by atoms with Crippen LogP contribution in [0.25, 0.3) is 11.2 Å². The zero-order valence-electron chi connectivity index (χ0n) is 21.2. The first kappa shape index (κ1) is 28.0. The number of hydrogen-bond donors (Lipinski definition) is 4. The van der Waals surface area contributed by atoms with Crippen LogP contribution in [0.4, 0.5) is 10.6 Å². The molecule has 5 N–H and O–H groups in total. The summed E-state index contributed by atoms with van der Waals surface area (Å²) in [7, 11) is -4.63. The van der Waals surface area contributed by atoms with Crippen LogP contribution >= 0.6 is 7.60 Å². The fourth-order valence-corrected chi connectivity index (χ4v) is 5.58. The van der Waals surface area contributed by atoms with Crippen molar-refractivity contribution in [2.75, 3.05) is 24.6 Å². The first-order valence-electron chi connectivity index (χ1n) is 12.3. The van der Waals surface area contributed by atoms with Crippen LogP contribution in [-0.4, -0.2) is 80.3 Å². The third-order valence-corrected chi connectivity index (χ3v) is 7.68. The van der Waals surface area contributed by atoms with Gasteiger partial charge in [-0.15, -0.1) is 0 Å². The molecule has 2 aromatic heterocycles. The van der Waals surface area contributed by atoms with E-state index in [9.17, 15) is 19.0 Å². The number of carbonyl (C=O) groups is 2. The number of ether oxygens (including phenoxy) is 3. The van der Waals surface area contributed by atoms with E-state index in [0.29, 0.717) is 17.7 Å². The number of amides is 2. The SMILES string of the molecule is CCNC(=O)Nc1ncnc2c1ncn2[C@@H]1O[C@H](COP(=O)([O-])CC(N)C(=O)O)C2O[C@H](c3ccccc3)O[C@@H]21. The molecule has 0 bridgehead atoms. The molecule has 0 spiro atoms. The van der Waals surface area contributed by atoms with Gasteiger partial charge in [0.1, 0.15) is 38.3 Å². The van der Waals surface area contributed by atoms with Crippen molar-refractivity contribution in [3.63, 3.8) is 0 Å². The number of carbonyl (C=O) groups excluding carboxylic acids is 1. The number of carboxylic acid groups (broad SMARTS) is 1. The molecule has 17 heteroatoms. The van der Waals surface area contributed by atoms with E-state index in [1.54, 1.807) is 11.5 Å². The highest BCUT2D eigenvalue weighted by Crippen LogP contribution is 2.46. The molecule has 40 heavy (non-hydrogen) atoms. The van der Waals surface area contributed by atoms with Gasteiger partial charge in [0.25, 0.3) is 0 Å². The van der Waals surface area contributed by atoms with Crippen LogP contribution in [0, 0.1) is 0 Å². The Kier molecular flexibility index (Phi) is 8.09. The van der Waals surface area contributed by atoms with E-state index in [0.717, 1.165) is 5.56 Å². The summed E-state index contributed by atoms with van der Waals surface area (Å²) in [5.41, 5.74) is 6.72. The average molecular weight is 576 g/mol. The van der Waals surface area contributed by atoms with Crippen LogP contribution in [0.15, 0.2) is 43.0 Å². The quantitative estimate of drug-likeness (QED) is 0.239. The van der Waals surface area contributed by atoms with Gasteiger partial charge in [-0.2, -0.15) is 0 Å². The van der Waals surface area contributed by atoms with Crippen molar-refractivity contribution >= 4 is 36.6 Å². The molecule has 7 atom stereocenters. The topological polar surface area (TPSA) is 225 Å². The largest absolute Gasteiger partial charge is 0.778 e. The molecule has 16 nitrogen and oxygen atoms in total. The van der Waals surface area contributed by atoms with Crippen molar-refractivity contribution in [2.24, 2.45) is 5.73 Å². The van der Waals surface area contributed by atoms with Gasteiger partial charge in [-0.25, -0.2) is 19.7 Å². The predicted octanol–water partition coefficient (Wildman–Crippen LogP) is 0.330. The van der Waals surface area contributed by atoms with Crippen molar-refractivity contribution in [3.8, 4) is 0 Å². The number of anilines is 1. The first-order chi connectivity index (χ1) is 19.2. The monoisotopic (exact) mass is 576 g/mol. The van der Waals surface area contributed by atoms with Crippen LogP contribution in [0.3, 0.4) is 0 Å². The van der Waals surface area contributed by atoms with E-state index < -0.39 is 69.2 Å². The number of rotatable bonds is 10. The van der Waals surface area contributed by atoms with Gasteiger partial charge in [-0.3, -0.25) is 14.7 Å². The van der Waals surface area contributed by atoms with Crippen LogP contribution in [0.2, 0.25) is 0 Å². The molecular formula is C23H27N7O9P-. The van der Waals surface area contributed by atoms with Crippen LogP contribution in [-0.2, 0) is 28.1 Å². The van der Waals surface area contributed by atoms with Gasteiger partial charge in [0, 0.05) is 18.3 Å². The second-order valence-corrected chi connectivity index (χ2v) is 10.9. The van der Waals surface area contributed by atoms with Crippen molar-refractivity contribution in [3.05, 3.63) is 48.5 Å². The summed E-state index contributed by atoms with van der Waals surface area (Å²) in [4.78, 5) is 48.2. The average Bonchev–Trinajstić information content (AvgIpc) is 3.62. The lowest BCUT2D eigenvalue weighted by molar-refractivity contribution is -0.204. The zero-order chi connectivity index (χ0) is 28.4. The number of fused-ring (bicyclic) bond motifs is 2. The normalized spacial score (nSPS) is 26.2. The molecule has 0 saturated carbocycles. The Hall–Kier alpha value is -3.50. The number of nitrogens with two attached hydrogens (primary N) is 1. The third-order valence-electron chi connectivity index (χ3n) is 6.29. The highest BCUT2D eigenvalue weighted by Gasteiger charge is 2.54. The first-order valence-corrected chi connectivity index (χ1v) is 14.1. The Morgan fingerprint density at radius 3 is 2.67 bits per heavy atom. The molecular weight excluding hydrogens is 549 g/mol. The number of carboxylic acids is 1. The van der Waals surface area contributed by atoms with Gasteiger partial charge in [0.15, 0.2) is 29.5 Å². The van der Waals surface area contributed by atoms with E-state index in [1.807, 2.05) is 30.3 Å². The van der Waals surface area contributed by atoms with Crippen LogP contribution < -0.4 is 21.3 Å². The molecule has 5 rings (SSSR count). The second kappa shape index (κ2) is 11.5. The van der Waals surface area contributed by atoms with Crippen molar-refractivity contribution in [2.45, 2.75) is 43.8 Å². The van der Waals surface area contributed by atoms with Gasteiger partial charge in [0.2, 0.25) is 0 Å². The van der Waals surface area contributed by atoms with Crippen molar-refractivity contribution in [1.29, 1.82) is 0 Å². The van der Waals surface area contributed by atoms with Crippen LogP contribution in [0.5, 0.6) is 0 Å². The van der Waals surface area contributed by atoms with E-state index in [1.165, 1.54) is 12.7 Å². The van der Waals surface area contributed by atoms with E-state index in [-0.39, 0.29) is 5.82 Å². The van der Waals surface area contributed by atoms with E-state index in [4.69, 9.17) is 29.6 Å². The van der Waals surface area contributed by atoms with Gasteiger partial charge >= 0.3 is 12.0 Å². The standard InChI is InChI=1S/C23H28N7O9P/c1-2-25-23(33)29-18-15-19(27-10-26-18)30(11-28-15)20-17-16(38-22(39-17)12-6-4-3-5-7-12)14(37-20)8-36-40(34,35)9-13(24)21(31)32/h3-7,10-11,13-14,16-17,20,22H,2,8-9,24H2,1H3,(H,31,32)(H,34,35)(H2,25,26,27,29,33)/p-1/t13?,14-,16?,17+,20-,22+/m1/s1. The number of hydrogen-bond acceptors (Lipinski definition) is 12.